The van der Waals surface area contributed by atoms with Crippen LogP contribution in [0.25, 0.3) is 21.5 Å². The molecule has 0 spiro atoms. The number of ether oxygens (including phenoxy) is 2. The number of hydrogen-bond donors (Lipinski definition) is 1. The topological polar surface area (TPSA) is 62.2 Å². The number of phenols is 1. The number of carbonyl (C=O) groups excluding carboxylic acids is 1. The predicted octanol–water partition coefficient (Wildman–Crippen LogP) is 4.02. The van der Waals surface area contributed by atoms with E-state index in [1.54, 1.807) is 6.07 Å². The number of aromatic hydroxyl groups is 1. The van der Waals surface area contributed by atoms with Crippen LogP contribution >= 0.6 is 0 Å². The zero-order valence-electron chi connectivity index (χ0n) is 17.3. The molecule has 1 aliphatic rings. The Balaban J connectivity index is 1.89. The molecule has 6 heteroatoms. The third-order valence-electron chi connectivity index (χ3n) is 5.56. The van der Waals surface area contributed by atoms with E-state index in [1.165, 1.54) is 14.2 Å². The minimum atomic E-state index is -0.0342. The molecular weight excluding hydrogens is 368 g/mol. The van der Waals surface area contributed by atoms with Gasteiger partial charge in [-0.2, -0.15) is 0 Å². The molecule has 4 rings (SSSR count). The molecule has 29 heavy (non-hydrogen) atoms. The van der Waals surface area contributed by atoms with Crippen LogP contribution in [0.2, 0.25) is 0 Å². The molecule has 0 aliphatic carbocycles. The van der Waals surface area contributed by atoms with Crippen molar-refractivity contribution in [2.45, 2.75) is 12.8 Å². The van der Waals surface area contributed by atoms with Gasteiger partial charge in [-0.3, -0.25) is 4.79 Å². The van der Waals surface area contributed by atoms with Gasteiger partial charge in [0.15, 0.2) is 11.5 Å². The second-order valence-corrected chi connectivity index (χ2v) is 7.65. The summed E-state index contributed by atoms with van der Waals surface area (Å²) in [5.74, 6) is 0.702. The van der Waals surface area contributed by atoms with Gasteiger partial charge in [-0.05, 0) is 62.5 Å². The SMILES string of the molecule is COc1cc2cc3c4c(cccc4c2c(OC)c1O)C(=O)N3CCCCN(C)C. The van der Waals surface area contributed by atoms with Crippen LogP contribution in [-0.2, 0) is 0 Å². The summed E-state index contributed by atoms with van der Waals surface area (Å²) in [7, 11) is 7.15. The highest BCUT2D eigenvalue weighted by Gasteiger charge is 2.31. The third kappa shape index (κ3) is 3.04. The minimum absolute atomic E-state index is 0.0286. The Morgan fingerprint density at radius 1 is 1.07 bits per heavy atom. The summed E-state index contributed by atoms with van der Waals surface area (Å²) in [5, 5.41) is 14.0. The van der Waals surface area contributed by atoms with Crippen LogP contribution in [0.1, 0.15) is 23.2 Å². The highest BCUT2D eigenvalue weighted by Crippen LogP contribution is 2.49. The number of fused-ring (bicyclic) bond motifs is 2. The fraction of sp³-hybridized carbons (Fsp3) is 0.348. The molecule has 6 nitrogen and oxygen atoms in total. The lowest BCUT2D eigenvalue weighted by Crippen LogP contribution is -2.28. The lowest BCUT2D eigenvalue weighted by atomic mass is 9.97. The van der Waals surface area contributed by atoms with Crippen molar-refractivity contribution in [3.8, 4) is 17.2 Å². The van der Waals surface area contributed by atoms with E-state index in [4.69, 9.17) is 9.47 Å². The maximum absolute atomic E-state index is 13.1. The molecule has 3 aromatic carbocycles. The number of amides is 1. The van der Waals surface area contributed by atoms with Gasteiger partial charge >= 0.3 is 0 Å². The third-order valence-corrected chi connectivity index (χ3v) is 5.56. The van der Waals surface area contributed by atoms with E-state index in [-0.39, 0.29) is 11.7 Å². The summed E-state index contributed by atoms with van der Waals surface area (Å²) in [5.41, 5.74) is 1.61. The normalized spacial score (nSPS) is 13.1. The fourth-order valence-electron chi connectivity index (χ4n) is 4.21. The van der Waals surface area contributed by atoms with E-state index < -0.39 is 0 Å². The number of anilines is 1. The van der Waals surface area contributed by atoms with Crippen LogP contribution in [0.4, 0.5) is 5.69 Å². The number of benzene rings is 3. The molecule has 0 radical (unpaired) electrons. The number of nitrogens with zero attached hydrogens (tertiary/aromatic N) is 2. The zero-order chi connectivity index (χ0) is 20.7. The van der Waals surface area contributed by atoms with Gasteiger partial charge in [0.2, 0.25) is 5.75 Å². The van der Waals surface area contributed by atoms with Crippen molar-refractivity contribution in [3.63, 3.8) is 0 Å². The van der Waals surface area contributed by atoms with Crippen molar-refractivity contribution >= 4 is 33.1 Å². The van der Waals surface area contributed by atoms with Crippen molar-refractivity contribution in [1.82, 2.24) is 4.90 Å². The molecule has 152 valence electrons. The van der Waals surface area contributed by atoms with E-state index in [1.807, 2.05) is 29.2 Å². The average Bonchev–Trinajstić information content (AvgIpc) is 2.98. The maximum Gasteiger partial charge on any atom is 0.258 e. The van der Waals surface area contributed by atoms with E-state index >= 15 is 0 Å². The zero-order valence-corrected chi connectivity index (χ0v) is 17.3. The molecule has 0 atom stereocenters. The largest absolute Gasteiger partial charge is 0.502 e. The molecule has 0 aromatic heterocycles. The summed E-state index contributed by atoms with van der Waals surface area (Å²) >= 11 is 0. The maximum atomic E-state index is 13.1. The summed E-state index contributed by atoms with van der Waals surface area (Å²) in [4.78, 5) is 17.2. The molecule has 0 fully saturated rings. The fourth-order valence-corrected chi connectivity index (χ4v) is 4.21. The van der Waals surface area contributed by atoms with E-state index in [2.05, 4.69) is 19.0 Å². The Hall–Kier alpha value is -2.99. The second kappa shape index (κ2) is 7.44. The molecule has 1 heterocycles. The van der Waals surface area contributed by atoms with Gasteiger partial charge < -0.3 is 24.4 Å². The summed E-state index contributed by atoms with van der Waals surface area (Å²) in [6.45, 7) is 1.67. The van der Waals surface area contributed by atoms with Gasteiger partial charge in [0, 0.05) is 22.9 Å². The highest BCUT2D eigenvalue weighted by atomic mass is 16.5. The van der Waals surface area contributed by atoms with Gasteiger partial charge in [-0.25, -0.2) is 0 Å². The van der Waals surface area contributed by atoms with Gasteiger partial charge in [0.05, 0.1) is 19.9 Å². The molecule has 0 unspecified atom stereocenters. The number of phenolic OH excluding ortho intramolecular Hbond substituents is 1. The summed E-state index contributed by atoms with van der Waals surface area (Å²) in [6, 6.07) is 9.53. The Labute approximate surface area is 170 Å². The average molecular weight is 394 g/mol. The van der Waals surface area contributed by atoms with E-state index in [0.29, 0.717) is 23.6 Å². The molecule has 1 aliphatic heterocycles. The Morgan fingerprint density at radius 3 is 2.55 bits per heavy atom. The van der Waals surface area contributed by atoms with E-state index in [9.17, 15) is 9.90 Å². The van der Waals surface area contributed by atoms with Crippen LogP contribution in [0.15, 0.2) is 30.3 Å². The van der Waals surface area contributed by atoms with Crippen LogP contribution in [0, 0.1) is 0 Å². The van der Waals surface area contributed by atoms with Crippen molar-refractivity contribution in [3.05, 3.63) is 35.9 Å². The van der Waals surface area contributed by atoms with Gasteiger partial charge in [0.1, 0.15) is 0 Å². The van der Waals surface area contributed by atoms with Crippen molar-refractivity contribution < 1.29 is 19.4 Å². The molecule has 3 aromatic rings. The van der Waals surface area contributed by atoms with Gasteiger partial charge in [-0.1, -0.05) is 12.1 Å². The number of unbranched alkanes of at least 4 members (excludes halogenated alkanes) is 1. The lowest BCUT2D eigenvalue weighted by molar-refractivity contribution is 0.0992. The summed E-state index contributed by atoms with van der Waals surface area (Å²) < 4.78 is 10.9. The van der Waals surface area contributed by atoms with Crippen molar-refractivity contribution in [2.24, 2.45) is 0 Å². The first-order chi connectivity index (χ1) is 14.0. The first-order valence-electron chi connectivity index (χ1n) is 9.78. The van der Waals surface area contributed by atoms with Crippen LogP contribution < -0.4 is 14.4 Å². The number of hydrogen-bond acceptors (Lipinski definition) is 5. The Morgan fingerprint density at radius 2 is 1.86 bits per heavy atom. The monoisotopic (exact) mass is 394 g/mol. The first-order valence-corrected chi connectivity index (χ1v) is 9.78. The number of carbonyl (C=O) groups is 1. The quantitative estimate of drug-likeness (QED) is 0.484. The number of rotatable bonds is 7. The molecule has 1 N–H and O–H groups in total. The van der Waals surface area contributed by atoms with E-state index in [0.717, 1.165) is 46.6 Å². The van der Waals surface area contributed by atoms with Crippen LogP contribution in [0.5, 0.6) is 17.2 Å². The van der Waals surface area contributed by atoms with Gasteiger partial charge in [-0.15, -0.1) is 0 Å². The lowest BCUT2D eigenvalue weighted by Gasteiger charge is -2.20. The molecule has 0 saturated heterocycles. The Bertz CT molecular complexity index is 1110. The summed E-state index contributed by atoms with van der Waals surface area (Å²) in [6.07, 6.45) is 1.96. The molecule has 0 bridgehead atoms. The first kappa shape index (κ1) is 19.3. The molecule has 1 amide bonds. The second-order valence-electron chi connectivity index (χ2n) is 7.65. The smallest absolute Gasteiger partial charge is 0.258 e. The van der Waals surface area contributed by atoms with Crippen LogP contribution in [-0.4, -0.2) is 57.3 Å². The van der Waals surface area contributed by atoms with Crippen molar-refractivity contribution in [1.29, 1.82) is 0 Å². The molecular formula is C23H26N2O4. The Kier molecular flexibility index (Phi) is 4.96. The van der Waals surface area contributed by atoms with Crippen molar-refractivity contribution in [2.75, 3.05) is 46.3 Å². The number of methoxy groups -OCH3 is 2. The minimum Gasteiger partial charge on any atom is -0.502 e. The molecule has 0 saturated carbocycles. The standard InChI is InChI=1S/C23H26N2O4/c1-24(2)10-5-6-11-25-17-12-14-13-18(28-3)21(26)22(29-4)19(14)15-8-7-9-16(20(15)17)23(25)27/h7-9,12-13,26H,5-6,10-11H2,1-4H3. The predicted molar refractivity (Wildman–Crippen MR) is 116 cm³/mol. The highest BCUT2D eigenvalue weighted by molar-refractivity contribution is 6.30. The van der Waals surface area contributed by atoms with Crippen LogP contribution in [0.3, 0.4) is 0 Å². The van der Waals surface area contributed by atoms with Gasteiger partial charge in [0.25, 0.3) is 5.91 Å².